The smallest absolute Gasteiger partial charge is 0.293 e. The molecule has 0 saturated heterocycles. The van der Waals surface area contributed by atoms with Crippen molar-refractivity contribution in [3.8, 4) is 0 Å². The van der Waals surface area contributed by atoms with Gasteiger partial charge in [-0.3, -0.25) is 10.1 Å². The van der Waals surface area contributed by atoms with Gasteiger partial charge >= 0.3 is 0 Å². The van der Waals surface area contributed by atoms with E-state index in [0.29, 0.717) is 31.1 Å². The standard InChI is InChI=1S/C30H48O6/c1-19(8-7-11-25(2,3)36-34)20-9-12-27(5)24-21(32)16-22-28(6,35-18-31)23(33)10-13-29(22)17-30(24,29)15-14-26(20,27)4/h7,11,18-24,32-34H,8-10,12-17H2,1-6H3/b11-7+/t19-,20-,21+,22+,23+,24+,26-,27+,28+,29-,30+/m0/s1. The van der Waals surface area contributed by atoms with Crippen LogP contribution in [0.4, 0.5) is 0 Å². The highest BCUT2D eigenvalue weighted by Crippen LogP contribution is 2.88. The molecule has 0 aromatic heterocycles. The SMILES string of the molecule is C[C@@H](C/C=C/C(C)(C)OO)[C@@H]1CC[C@]2(C)[C@H]3[C@H](O)C[C@@H]4[C@@](C)(OC=O)[C@H](O)CC[C@]45C[C@]35CC[C@@]12C. The van der Waals surface area contributed by atoms with Crippen LogP contribution in [-0.4, -0.2) is 45.4 Å². The predicted octanol–water partition coefficient (Wildman–Crippen LogP) is 5.51. The topological polar surface area (TPSA) is 96.2 Å². The molecule has 5 aliphatic carbocycles. The fraction of sp³-hybridized carbons (Fsp3) is 0.900. The summed E-state index contributed by atoms with van der Waals surface area (Å²) >= 11 is 0. The van der Waals surface area contributed by atoms with Crippen molar-refractivity contribution in [3.05, 3.63) is 12.2 Å². The molecule has 0 heterocycles. The summed E-state index contributed by atoms with van der Waals surface area (Å²) in [7, 11) is 0. The van der Waals surface area contributed by atoms with Crippen LogP contribution in [0.1, 0.15) is 99.3 Å². The average Bonchev–Trinajstić information content (AvgIpc) is 3.38. The molecule has 0 aromatic rings. The molecule has 0 radical (unpaired) electrons. The van der Waals surface area contributed by atoms with Gasteiger partial charge in [0.15, 0.2) is 0 Å². The van der Waals surface area contributed by atoms with E-state index in [4.69, 9.17) is 9.99 Å². The molecule has 0 aromatic carbocycles. The van der Waals surface area contributed by atoms with Gasteiger partial charge in [-0.25, -0.2) is 4.89 Å². The Morgan fingerprint density at radius 3 is 2.42 bits per heavy atom. The van der Waals surface area contributed by atoms with Crippen LogP contribution in [0.15, 0.2) is 12.2 Å². The molecule has 0 unspecified atom stereocenters. The van der Waals surface area contributed by atoms with E-state index < -0.39 is 23.4 Å². The zero-order chi connectivity index (χ0) is 26.4. The number of carbonyl (C=O) groups excluding carboxylic acids is 1. The second kappa shape index (κ2) is 8.27. The summed E-state index contributed by atoms with van der Waals surface area (Å²) in [6, 6.07) is 0. The fourth-order valence-corrected chi connectivity index (χ4v) is 11.0. The van der Waals surface area contributed by atoms with Crippen molar-refractivity contribution < 1.29 is 29.9 Å². The molecular weight excluding hydrogens is 456 g/mol. The lowest BCUT2D eigenvalue weighted by atomic mass is 9.42. The summed E-state index contributed by atoms with van der Waals surface area (Å²) in [5.74, 6) is 1.35. The van der Waals surface area contributed by atoms with Gasteiger partial charge in [0.25, 0.3) is 6.47 Å². The van der Waals surface area contributed by atoms with E-state index in [1.165, 1.54) is 12.8 Å². The fourth-order valence-electron chi connectivity index (χ4n) is 11.0. The second-order valence-electron chi connectivity index (χ2n) is 14.6. The zero-order valence-corrected chi connectivity index (χ0v) is 23.1. The highest BCUT2D eigenvalue weighted by atomic mass is 17.1. The molecule has 204 valence electrons. The van der Waals surface area contributed by atoms with Crippen LogP contribution in [0.2, 0.25) is 0 Å². The number of ether oxygens (including phenoxy) is 1. The minimum absolute atomic E-state index is 0.0107. The first-order chi connectivity index (χ1) is 16.8. The van der Waals surface area contributed by atoms with Gasteiger partial charge in [0.2, 0.25) is 0 Å². The average molecular weight is 505 g/mol. The molecule has 0 bridgehead atoms. The van der Waals surface area contributed by atoms with Crippen molar-refractivity contribution in [3.63, 3.8) is 0 Å². The number of allylic oxidation sites excluding steroid dienone is 1. The summed E-state index contributed by atoms with van der Waals surface area (Å²) in [5.41, 5.74) is -1.20. The van der Waals surface area contributed by atoms with Crippen molar-refractivity contribution in [2.75, 3.05) is 0 Å². The first-order valence-electron chi connectivity index (χ1n) is 14.2. The van der Waals surface area contributed by atoms with Crippen LogP contribution in [0.3, 0.4) is 0 Å². The lowest BCUT2D eigenvalue weighted by Gasteiger charge is -2.64. The van der Waals surface area contributed by atoms with Gasteiger partial charge in [-0.2, -0.15) is 0 Å². The third-order valence-electron chi connectivity index (χ3n) is 13.0. The van der Waals surface area contributed by atoms with Crippen LogP contribution in [0.25, 0.3) is 0 Å². The van der Waals surface area contributed by atoms with Crippen LogP contribution >= 0.6 is 0 Å². The molecule has 0 aliphatic heterocycles. The second-order valence-corrected chi connectivity index (χ2v) is 14.6. The van der Waals surface area contributed by atoms with Gasteiger partial charge in [-0.15, -0.1) is 0 Å². The van der Waals surface area contributed by atoms with E-state index >= 15 is 0 Å². The number of hydrogen-bond acceptors (Lipinski definition) is 6. The highest BCUT2D eigenvalue weighted by Gasteiger charge is 2.84. The molecule has 2 spiro atoms. The number of rotatable bonds is 7. The van der Waals surface area contributed by atoms with Crippen molar-refractivity contribution in [2.24, 2.45) is 45.3 Å². The van der Waals surface area contributed by atoms with E-state index in [1.807, 2.05) is 26.8 Å². The van der Waals surface area contributed by atoms with Gasteiger partial charge in [0.05, 0.1) is 12.2 Å². The molecule has 6 heteroatoms. The molecule has 0 amide bonds. The monoisotopic (exact) mass is 504 g/mol. The molecule has 11 atom stereocenters. The van der Waals surface area contributed by atoms with Crippen LogP contribution in [0.5, 0.6) is 0 Å². The van der Waals surface area contributed by atoms with Gasteiger partial charge in [-0.05, 0) is 118 Å². The largest absolute Gasteiger partial charge is 0.458 e. The summed E-state index contributed by atoms with van der Waals surface area (Å²) in [5, 5.41) is 31.9. The van der Waals surface area contributed by atoms with E-state index in [2.05, 4.69) is 31.7 Å². The Bertz CT molecular complexity index is 917. The molecule has 5 fully saturated rings. The third-order valence-corrected chi connectivity index (χ3v) is 13.0. The van der Waals surface area contributed by atoms with E-state index in [-0.39, 0.29) is 33.5 Å². The Balaban J connectivity index is 1.42. The molecule has 36 heavy (non-hydrogen) atoms. The van der Waals surface area contributed by atoms with E-state index in [0.717, 1.165) is 32.1 Å². The molecular formula is C30H48O6. The van der Waals surface area contributed by atoms with Crippen molar-refractivity contribution in [2.45, 2.75) is 123 Å². The van der Waals surface area contributed by atoms with Crippen LogP contribution in [-0.2, 0) is 14.4 Å². The van der Waals surface area contributed by atoms with Gasteiger partial charge < -0.3 is 14.9 Å². The third kappa shape index (κ3) is 3.26. The van der Waals surface area contributed by atoms with Crippen molar-refractivity contribution in [1.29, 1.82) is 0 Å². The van der Waals surface area contributed by atoms with Gasteiger partial charge in [0.1, 0.15) is 11.2 Å². The first kappa shape index (κ1) is 26.6. The number of aliphatic hydroxyl groups is 2. The molecule has 3 N–H and O–H groups in total. The predicted molar refractivity (Wildman–Crippen MR) is 137 cm³/mol. The van der Waals surface area contributed by atoms with Crippen LogP contribution in [0, 0.1) is 45.3 Å². The lowest BCUT2D eigenvalue weighted by molar-refractivity contribution is -0.297. The van der Waals surface area contributed by atoms with Crippen LogP contribution < -0.4 is 0 Å². The molecule has 5 saturated carbocycles. The lowest BCUT2D eigenvalue weighted by Crippen LogP contribution is -2.64. The van der Waals surface area contributed by atoms with Gasteiger partial charge in [-0.1, -0.05) is 32.9 Å². The molecule has 6 nitrogen and oxygen atoms in total. The normalized spacial score (nSPS) is 52.6. The quantitative estimate of drug-likeness (QED) is 0.183. The minimum Gasteiger partial charge on any atom is -0.458 e. The maximum atomic E-state index is 11.9. The van der Waals surface area contributed by atoms with E-state index in [9.17, 15) is 15.0 Å². The molecule has 5 rings (SSSR count). The Hall–Kier alpha value is -0.950. The number of aliphatic hydroxyl groups excluding tert-OH is 2. The number of carbonyl (C=O) groups is 1. The van der Waals surface area contributed by atoms with Crippen molar-refractivity contribution in [1.82, 2.24) is 0 Å². The number of hydrogen-bond donors (Lipinski definition) is 3. The maximum Gasteiger partial charge on any atom is 0.293 e. The zero-order valence-electron chi connectivity index (χ0n) is 23.1. The Kier molecular flexibility index (Phi) is 6.12. The maximum absolute atomic E-state index is 11.9. The van der Waals surface area contributed by atoms with Gasteiger partial charge in [0, 0.05) is 5.92 Å². The molecule has 5 aliphatic rings. The minimum atomic E-state index is -0.914. The highest BCUT2D eigenvalue weighted by molar-refractivity contribution is 5.41. The van der Waals surface area contributed by atoms with E-state index in [1.54, 1.807) is 0 Å². The summed E-state index contributed by atoms with van der Waals surface area (Å²) in [6.07, 6.45) is 11.9. The first-order valence-corrected chi connectivity index (χ1v) is 14.2. The Labute approximate surface area is 216 Å². The van der Waals surface area contributed by atoms with Crippen molar-refractivity contribution >= 4 is 6.47 Å². The summed E-state index contributed by atoms with van der Waals surface area (Å²) in [6.45, 7) is 13.4. The summed E-state index contributed by atoms with van der Waals surface area (Å²) in [4.78, 5) is 16.0. The Morgan fingerprint density at radius 2 is 1.75 bits per heavy atom. The Morgan fingerprint density at radius 1 is 1.03 bits per heavy atom. The number of fused-ring (bicyclic) bond motifs is 2. The summed E-state index contributed by atoms with van der Waals surface area (Å²) < 4.78 is 5.65.